The highest BCUT2D eigenvalue weighted by Gasteiger charge is 2.35. The van der Waals surface area contributed by atoms with Crippen LogP contribution >= 0.6 is 0 Å². The highest BCUT2D eigenvalue weighted by atomic mass is 16.6. The zero-order chi connectivity index (χ0) is 16.6. The van der Waals surface area contributed by atoms with Crippen molar-refractivity contribution in [2.24, 2.45) is 0 Å². The van der Waals surface area contributed by atoms with E-state index in [1.54, 1.807) is 51.4 Å². The lowest BCUT2D eigenvalue weighted by Crippen LogP contribution is -2.38. The second-order valence-corrected chi connectivity index (χ2v) is 6.45. The first-order chi connectivity index (χ1) is 10.9. The average molecular weight is 313 g/mol. The van der Waals surface area contributed by atoms with Crippen LogP contribution < -0.4 is 5.32 Å². The van der Waals surface area contributed by atoms with E-state index < -0.39 is 23.8 Å². The summed E-state index contributed by atoms with van der Waals surface area (Å²) >= 11 is 0. The predicted octanol–water partition coefficient (Wildman–Crippen LogP) is 2.76. The van der Waals surface area contributed by atoms with Crippen LogP contribution in [0.2, 0.25) is 0 Å². The number of pyridine rings is 2. The van der Waals surface area contributed by atoms with Gasteiger partial charge in [0, 0.05) is 23.5 Å². The largest absolute Gasteiger partial charge is 0.444 e. The van der Waals surface area contributed by atoms with Gasteiger partial charge in [-0.2, -0.15) is 0 Å². The van der Waals surface area contributed by atoms with Crippen LogP contribution in [0.4, 0.5) is 4.79 Å². The number of nitrogens with zero attached hydrogens (tertiary/aromatic N) is 2. The van der Waals surface area contributed by atoms with E-state index in [1.165, 1.54) is 0 Å². The van der Waals surface area contributed by atoms with Gasteiger partial charge in [0.05, 0.1) is 17.4 Å². The third-order valence-corrected chi connectivity index (χ3v) is 3.54. The first-order valence-corrected chi connectivity index (χ1v) is 7.44. The van der Waals surface area contributed by atoms with E-state index in [4.69, 9.17) is 4.74 Å². The van der Waals surface area contributed by atoms with Crippen molar-refractivity contribution in [1.82, 2.24) is 15.3 Å². The molecule has 2 aromatic heterocycles. The van der Waals surface area contributed by atoms with Crippen LogP contribution in [-0.4, -0.2) is 26.8 Å². The zero-order valence-electron chi connectivity index (χ0n) is 13.3. The number of carbonyl (C=O) groups is 1. The monoisotopic (exact) mass is 313 g/mol. The second-order valence-electron chi connectivity index (χ2n) is 6.45. The molecule has 0 spiro atoms. The minimum Gasteiger partial charge on any atom is -0.444 e. The van der Waals surface area contributed by atoms with Crippen LogP contribution in [0.5, 0.6) is 0 Å². The fourth-order valence-corrected chi connectivity index (χ4v) is 2.66. The van der Waals surface area contributed by atoms with Crippen molar-refractivity contribution in [2.75, 3.05) is 0 Å². The van der Waals surface area contributed by atoms with Gasteiger partial charge in [-0.15, -0.1) is 0 Å². The van der Waals surface area contributed by atoms with Gasteiger partial charge in [0.2, 0.25) is 0 Å². The summed E-state index contributed by atoms with van der Waals surface area (Å²) in [6.45, 7) is 5.37. The molecule has 1 aliphatic carbocycles. The van der Waals surface area contributed by atoms with Gasteiger partial charge < -0.3 is 15.2 Å². The van der Waals surface area contributed by atoms with Crippen molar-refractivity contribution in [3.8, 4) is 11.4 Å². The Morgan fingerprint density at radius 2 is 1.70 bits per heavy atom. The molecule has 6 nitrogen and oxygen atoms in total. The molecule has 0 fully saturated rings. The summed E-state index contributed by atoms with van der Waals surface area (Å²) in [5.41, 5.74) is 2.05. The Labute approximate surface area is 134 Å². The molecular formula is C17H19N3O3. The standard InChI is InChI=1S/C17H19N3O3/c1-17(2,3)23-16(22)20-14-10-6-4-8-18-12(10)13-11(15(14)21)7-5-9-19-13/h4-9,14-15,21H,1-3H3,(H,20,22)/t14-,15-/m1/s1. The molecule has 1 aliphatic rings. The quantitative estimate of drug-likeness (QED) is 0.845. The lowest BCUT2D eigenvalue weighted by atomic mass is 9.86. The molecule has 0 bridgehead atoms. The first kappa shape index (κ1) is 15.4. The van der Waals surface area contributed by atoms with Crippen LogP contribution in [0.25, 0.3) is 11.4 Å². The van der Waals surface area contributed by atoms with Gasteiger partial charge >= 0.3 is 6.09 Å². The third kappa shape index (κ3) is 3.03. The van der Waals surface area contributed by atoms with Gasteiger partial charge in [-0.25, -0.2) is 4.79 Å². The minimum absolute atomic E-state index is 0.580. The maximum absolute atomic E-state index is 12.1. The van der Waals surface area contributed by atoms with Crippen molar-refractivity contribution < 1.29 is 14.6 Å². The normalized spacial score (nSPS) is 19.5. The Bertz CT molecular complexity index is 740. The van der Waals surface area contributed by atoms with Gasteiger partial charge in [0.25, 0.3) is 0 Å². The van der Waals surface area contributed by atoms with Gasteiger partial charge in [0.15, 0.2) is 0 Å². The fourth-order valence-electron chi connectivity index (χ4n) is 2.66. The number of aliphatic hydroxyl groups excluding tert-OH is 1. The number of hydrogen-bond acceptors (Lipinski definition) is 5. The van der Waals surface area contributed by atoms with Crippen molar-refractivity contribution >= 4 is 6.09 Å². The minimum atomic E-state index is -0.914. The highest BCUT2D eigenvalue weighted by molar-refractivity contribution is 5.72. The van der Waals surface area contributed by atoms with Gasteiger partial charge in [0.1, 0.15) is 11.7 Å². The Kier molecular flexibility index (Phi) is 3.77. The molecule has 2 aromatic rings. The molecule has 0 aromatic carbocycles. The van der Waals surface area contributed by atoms with E-state index >= 15 is 0 Å². The molecule has 0 radical (unpaired) electrons. The molecule has 3 rings (SSSR count). The number of hydrogen-bond donors (Lipinski definition) is 2. The van der Waals surface area contributed by atoms with Crippen LogP contribution in [0.3, 0.4) is 0 Å². The summed E-state index contributed by atoms with van der Waals surface area (Å²) < 4.78 is 5.29. The molecular weight excluding hydrogens is 294 g/mol. The van der Waals surface area contributed by atoms with E-state index in [-0.39, 0.29) is 0 Å². The third-order valence-electron chi connectivity index (χ3n) is 3.54. The lowest BCUT2D eigenvalue weighted by molar-refractivity contribution is 0.0416. The summed E-state index contributed by atoms with van der Waals surface area (Å²) in [6.07, 6.45) is 1.83. The van der Waals surface area contributed by atoms with Crippen LogP contribution in [0.1, 0.15) is 44.0 Å². The molecule has 0 unspecified atom stereocenters. The molecule has 6 heteroatoms. The first-order valence-electron chi connectivity index (χ1n) is 7.44. The van der Waals surface area contributed by atoms with Gasteiger partial charge in [-0.3, -0.25) is 9.97 Å². The molecule has 0 aliphatic heterocycles. The van der Waals surface area contributed by atoms with Gasteiger partial charge in [-0.1, -0.05) is 12.1 Å². The molecule has 2 atom stereocenters. The number of nitrogens with one attached hydrogen (secondary N) is 1. The molecule has 2 N–H and O–H groups in total. The van der Waals surface area contributed by atoms with E-state index in [9.17, 15) is 9.90 Å². The van der Waals surface area contributed by atoms with Crippen molar-refractivity contribution in [2.45, 2.75) is 38.5 Å². The Morgan fingerprint density at radius 3 is 2.30 bits per heavy atom. The number of alkyl carbamates (subject to hydrolysis) is 1. The SMILES string of the molecule is CC(C)(C)OC(=O)N[C@@H]1c2cccnc2-c2ncccc2[C@H]1O. The van der Waals surface area contributed by atoms with Crippen molar-refractivity contribution in [1.29, 1.82) is 0 Å². The highest BCUT2D eigenvalue weighted by Crippen LogP contribution is 2.42. The average Bonchev–Trinajstić information content (AvgIpc) is 2.50. The Hall–Kier alpha value is -2.47. The number of aromatic nitrogens is 2. The maximum atomic E-state index is 12.1. The number of carbonyl (C=O) groups excluding carboxylic acids is 1. The second kappa shape index (κ2) is 5.62. The summed E-state index contributed by atoms with van der Waals surface area (Å²) in [7, 11) is 0. The van der Waals surface area contributed by atoms with Crippen molar-refractivity contribution in [3.63, 3.8) is 0 Å². The topological polar surface area (TPSA) is 84.3 Å². The smallest absolute Gasteiger partial charge is 0.408 e. The van der Waals surface area contributed by atoms with E-state index in [1.807, 2.05) is 6.07 Å². The number of ether oxygens (including phenoxy) is 1. The van der Waals surface area contributed by atoms with Gasteiger partial charge in [-0.05, 0) is 32.9 Å². The summed E-state index contributed by atoms with van der Waals surface area (Å²) in [6, 6.07) is 6.49. The fraction of sp³-hybridized carbons (Fsp3) is 0.353. The predicted molar refractivity (Wildman–Crippen MR) is 84.5 cm³/mol. The molecule has 2 heterocycles. The lowest BCUT2D eigenvalue weighted by Gasteiger charge is -2.32. The number of fused-ring (bicyclic) bond motifs is 3. The van der Waals surface area contributed by atoms with E-state index in [0.717, 1.165) is 5.56 Å². The number of amides is 1. The number of aliphatic hydroxyl groups is 1. The summed E-state index contributed by atoms with van der Waals surface area (Å²) in [5, 5.41) is 13.4. The molecule has 23 heavy (non-hydrogen) atoms. The van der Waals surface area contributed by atoms with Crippen molar-refractivity contribution in [3.05, 3.63) is 47.8 Å². The zero-order valence-corrected chi connectivity index (χ0v) is 13.3. The van der Waals surface area contributed by atoms with Crippen LogP contribution in [0.15, 0.2) is 36.7 Å². The number of rotatable bonds is 1. The van der Waals surface area contributed by atoms with Crippen LogP contribution in [0, 0.1) is 0 Å². The molecule has 120 valence electrons. The molecule has 1 amide bonds. The Morgan fingerprint density at radius 1 is 1.13 bits per heavy atom. The Balaban J connectivity index is 1.98. The maximum Gasteiger partial charge on any atom is 0.408 e. The van der Waals surface area contributed by atoms with E-state index in [0.29, 0.717) is 17.0 Å². The molecule has 0 saturated heterocycles. The summed E-state index contributed by atoms with van der Waals surface area (Å²) in [5.74, 6) is 0. The van der Waals surface area contributed by atoms with Crippen LogP contribution in [-0.2, 0) is 4.74 Å². The van der Waals surface area contributed by atoms with E-state index in [2.05, 4.69) is 15.3 Å². The summed E-state index contributed by atoms with van der Waals surface area (Å²) in [4.78, 5) is 20.8. The molecule has 0 saturated carbocycles.